The number of piperidine rings is 1. The summed E-state index contributed by atoms with van der Waals surface area (Å²) in [6.07, 6.45) is 1.11. The first kappa shape index (κ1) is 20.2. The van der Waals surface area contributed by atoms with Gasteiger partial charge in [-0.05, 0) is 37.1 Å². The van der Waals surface area contributed by atoms with Crippen molar-refractivity contribution in [2.75, 3.05) is 13.1 Å². The Hall–Kier alpha value is -3.06. The third-order valence-electron chi connectivity index (χ3n) is 5.14. The Bertz CT molecular complexity index is 1010. The number of halogens is 1. The number of carbonyl (C=O) groups is 2. The number of rotatable bonds is 5. The van der Waals surface area contributed by atoms with Crippen molar-refractivity contribution in [2.45, 2.75) is 19.4 Å². The van der Waals surface area contributed by atoms with Gasteiger partial charge in [0.2, 0.25) is 0 Å². The number of nitrogens with zero attached hydrogens (tertiary/aromatic N) is 2. The molecule has 0 spiro atoms. The summed E-state index contributed by atoms with van der Waals surface area (Å²) in [7, 11) is 0. The Labute approximate surface area is 178 Å². The van der Waals surface area contributed by atoms with Gasteiger partial charge < -0.3 is 9.64 Å². The van der Waals surface area contributed by atoms with Gasteiger partial charge in [-0.25, -0.2) is 9.37 Å². The van der Waals surface area contributed by atoms with Crippen LogP contribution in [-0.4, -0.2) is 34.8 Å². The number of amides is 1. The molecule has 0 bridgehead atoms. The summed E-state index contributed by atoms with van der Waals surface area (Å²) < 4.78 is 18.5. The maximum atomic E-state index is 13.0. The Balaban J connectivity index is 1.26. The number of hydrogen-bond acceptors (Lipinski definition) is 5. The van der Waals surface area contributed by atoms with Crippen LogP contribution >= 0.6 is 11.3 Å². The van der Waals surface area contributed by atoms with Gasteiger partial charge in [-0.1, -0.05) is 30.3 Å². The Morgan fingerprint density at radius 2 is 1.77 bits per heavy atom. The van der Waals surface area contributed by atoms with Crippen molar-refractivity contribution in [1.82, 2.24) is 9.88 Å². The highest BCUT2D eigenvalue weighted by atomic mass is 32.1. The molecule has 1 aliphatic heterocycles. The van der Waals surface area contributed by atoms with Crippen molar-refractivity contribution < 1.29 is 18.7 Å². The van der Waals surface area contributed by atoms with E-state index in [2.05, 4.69) is 4.98 Å². The molecule has 5 nitrogen and oxygen atoms in total. The van der Waals surface area contributed by atoms with E-state index in [-0.39, 0.29) is 30.2 Å². The molecule has 2 aromatic carbocycles. The molecule has 4 rings (SSSR count). The van der Waals surface area contributed by atoms with E-state index in [1.54, 1.807) is 4.90 Å². The van der Waals surface area contributed by atoms with Gasteiger partial charge in [0.15, 0.2) is 0 Å². The van der Waals surface area contributed by atoms with Crippen molar-refractivity contribution in [3.05, 3.63) is 77.1 Å². The SMILES string of the molecule is O=C(OCc1csc(-c2ccccc2)n1)C1CCN(C(=O)c2ccc(F)cc2)CC1. The summed E-state index contributed by atoms with van der Waals surface area (Å²) >= 11 is 1.52. The second-order valence-electron chi connectivity index (χ2n) is 7.19. The summed E-state index contributed by atoms with van der Waals surface area (Å²) in [6, 6.07) is 15.4. The smallest absolute Gasteiger partial charge is 0.309 e. The van der Waals surface area contributed by atoms with Crippen molar-refractivity contribution in [3.8, 4) is 10.6 Å². The molecule has 0 aliphatic carbocycles. The van der Waals surface area contributed by atoms with Gasteiger partial charge in [-0.3, -0.25) is 9.59 Å². The molecule has 3 aromatic rings. The largest absolute Gasteiger partial charge is 0.459 e. The van der Waals surface area contributed by atoms with Crippen LogP contribution in [0.3, 0.4) is 0 Å². The summed E-state index contributed by atoms with van der Waals surface area (Å²) in [4.78, 5) is 31.2. The molecule has 2 heterocycles. The summed E-state index contributed by atoms with van der Waals surface area (Å²) in [5.74, 6) is -0.991. The van der Waals surface area contributed by atoms with E-state index in [9.17, 15) is 14.0 Å². The van der Waals surface area contributed by atoms with Crippen molar-refractivity contribution in [2.24, 2.45) is 5.92 Å². The van der Waals surface area contributed by atoms with Crippen LogP contribution in [0.2, 0.25) is 0 Å². The first-order valence-electron chi connectivity index (χ1n) is 9.81. The zero-order valence-corrected chi connectivity index (χ0v) is 17.1. The fourth-order valence-electron chi connectivity index (χ4n) is 3.44. The number of carbonyl (C=O) groups excluding carboxylic acids is 2. The molecule has 154 valence electrons. The Kier molecular flexibility index (Phi) is 6.18. The molecule has 1 amide bonds. The first-order valence-corrected chi connectivity index (χ1v) is 10.7. The molecule has 0 unspecified atom stereocenters. The topological polar surface area (TPSA) is 59.5 Å². The molecule has 1 aromatic heterocycles. The summed E-state index contributed by atoms with van der Waals surface area (Å²) in [6.45, 7) is 1.10. The first-order chi connectivity index (χ1) is 14.6. The number of likely N-dealkylation sites (tertiary alicyclic amines) is 1. The summed E-state index contributed by atoms with van der Waals surface area (Å²) in [5.41, 5.74) is 2.23. The molecule has 0 saturated carbocycles. The number of aromatic nitrogens is 1. The molecule has 0 radical (unpaired) electrons. The minimum atomic E-state index is -0.371. The number of thiazole rings is 1. The molecule has 30 heavy (non-hydrogen) atoms. The van der Waals surface area contributed by atoms with Crippen LogP contribution in [0.25, 0.3) is 10.6 Å². The highest BCUT2D eigenvalue weighted by molar-refractivity contribution is 7.13. The molecule has 0 atom stereocenters. The second kappa shape index (κ2) is 9.17. The number of esters is 1. The van der Waals surface area contributed by atoms with Gasteiger partial charge in [0.1, 0.15) is 17.4 Å². The molecule has 0 N–H and O–H groups in total. The van der Waals surface area contributed by atoms with Crippen LogP contribution in [0.15, 0.2) is 60.0 Å². The predicted octanol–water partition coefficient (Wildman–Crippen LogP) is 4.54. The minimum absolute atomic E-state index is 0.141. The number of hydrogen-bond donors (Lipinski definition) is 0. The molecule has 7 heteroatoms. The fourth-order valence-corrected chi connectivity index (χ4v) is 4.25. The van der Waals surface area contributed by atoms with Crippen LogP contribution in [-0.2, 0) is 16.1 Å². The van der Waals surface area contributed by atoms with Crippen LogP contribution < -0.4 is 0 Å². The van der Waals surface area contributed by atoms with Gasteiger partial charge in [-0.2, -0.15) is 0 Å². The van der Waals surface area contributed by atoms with E-state index in [1.807, 2.05) is 35.7 Å². The Morgan fingerprint density at radius 1 is 1.07 bits per heavy atom. The average molecular weight is 424 g/mol. The van der Waals surface area contributed by atoms with Crippen LogP contribution in [0.4, 0.5) is 4.39 Å². The van der Waals surface area contributed by atoms with Crippen LogP contribution in [0.5, 0.6) is 0 Å². The van der Waals surface area contributed by atoms with Crippen molar-refractivity contribution >= 4 is 23.2 Å². The lowest BCUT2D eigenvalue weighted by atomic mass is 9.96. The number of ether oxygens (including phenoxy) is 1. The molecular formula is C23H21FN2O3S. The summed E-state index contributed by atoms with van der Waals surface area (Å²) in [5, 5.41) is 2.80. The van der Waals surface area contributed by atoms with Gasteiger partial charge in [0.25, 0.3) is 5.91 Å². The Morgan fingerprint density at radius 3 is 2.47 bits per heavy atom. The van der Waals surface area contributed by atoms with Crippen molar-refractivity contribution in [3.63, 3.8) is 0 Å². The average Bonchev–Trinajstić information content (AvgIpc) is 3.27. The predicted molar refractivity (Wildman–Crippen MR) is 112 cm³/mol. The normalized spacial score (nSPS) is 14.5. The van der Waals surface area contributed by atoms with E-state index < -0.39 is 0 Å². The second-order valence-corrected chi connectivity index (χ2v) is 8.05. The lowest BCUT2D eigenvalue weighted by molar-refractivity contribution is -0.151. The minimum Gasteiger partial charge on any atom is -0.459 e. The monoisotopic (exact) mass is 424 g/mol. The fraction of sp³-hybridized carbons (Fsp3) is 0.261. The third-order valence-corrected chi connectivity index (χ3v) is 6.08. The maximum Gasteiger partial charge on any atom is 0.309 e. The molecule has 1 fully saturated rings. The van der Waals surface area contributed by atoms with E-state index in [0.29, 0.717) is 31.5 Å². The van der Waals surface area contributed by atoms with Gasteiger partial charge in [-0.15, -0.1) is 11.3 Å². The standard InChI is InChI=1S/C23H21FN2O3S/c24-19-8-6-17(7-9-19)22(27)26-12-10-18(11-13-26)23(28)29-14-20-15-30-21(25-20)16-4-2-1-3-5-16/h1-9,15,18H,10-14H2. The molecule has 1 saturated heterocycles. The van der Waals surface area contributed by atoms with Crippen LogP contribution in [0, 0.1) is 11.7 Å². The van der Waals surface area contributed by atoms with E-state index >= 15 is 0 Å². The highest BCUT2D eigenvalue weighted by Crippen LogP contribution is 2.25. The number of benzene rings is 2. The van der Waals surface area contributed by atoms with E-state index in [4.69, 9.17) is 4.74 Å². The van der Waals surface area contributed by atoms with Crippen molar-refractivity contribution in [1.29, 1.82) is 0 Å². The maximum absolute atomic E-state index is 13.0. The van der Waals surface area contributed by atoms with Gasteiger partial charge in [0.05, 0.1) is 11.6 Å². The quantitative estimate of drug-likeness (QED) is 0.564. The molecular weight excluding hydrogens is 403 g/mol. The zero-order chi connectivity index (χ0) is 20.9. The highest BCUT2D eigenvalue weighted by Gasteiger charge is 2.29. The lowest BCUT2D eigenvalue weighted by Crippen LogP contribution is -2.40. The molecule has 1 aliphatic rings. The van der Waals surface area contributed by atoms with E-state index in [1.165, 1.54) is 35.6 Å². The van der Waals surface area contributed by atoms with Gasteiger partial charge in [0, 0.05) is 29.6 Å². The van der Waals surface area contributed by atoms with E-state index in [0.717, 1.165) is 16.3 Å². The zero-order valence-electron chi connectivity index (χ0n) is 16.3. The van der Waals surface area contributed by atoms with Gasteiger partial charge >= 0.3 is 5.97 Å². The third kappa shape index (κ3) is 4.74. The van der Waals surface area contributed by atoms with Crippen LogP contribution in [0.1, 0.15) is 28.9 Å². The lowest BCUT2D eigenvalue weighted by Gasteiger charge is -2.31.